The van der Waals surface area contributed by atoms with Crippen LogP contribution in [-0.4, -0.2) is 30.5 Å². The molecule has 0 fully saturated rings. The maximum absolute atomic E-state index is 11.5. The summed E-state index contributed by atoms with van der Waals surface area (Å²) in [4.78, 5) is 11.5. The molecule has 0 saturated heterocycles. The van der Waals surface area contributed by atoms with Gasteiger partial charge in [-0.05, 0) is 24.3 Å². The van der Waals surface area contributed by atoms with Crippen LogP contribution in [-0.2, 0) is 4.79 Å². The van der Waals surface area contributed by atoms with E-state index in [0.29, 0.717) is 0 Å². The van der Waals surface area contributed by atoms with E-state index in [1.54, 1.807) is 11.8 Å². The van der Waals surface area contributed by atoms with Crippen molar-refractivity contribution in [2.24, 2.45) is 11.7 Å². The second-order valence-electron chi connectivity index (χ2n) is 3.55. The van der Waals surface area contributed by atoms with Crippen molar-refractivity contribution in [2.75, 3.05) is 18.6 Å². The quantitative estimate of drug-likeness (QED) is 0.632. The third-order valence-corrected chi connectivity index (χ3v) is 3.08. The SMILES string of the molecule is CC[C@H](C)[C@H](N)C(=O)NCCCSC. The first kappa shape index (κ1) is 13.8. The summed E-state index contributed by atoms with van der Waals surface area (Å²) in [6.07, 6.45) is 4.02. The maximum atomic E-state index is 11.5. The fraction of sp³-hybridized carbons (Fsp3) is 0.900. The first-order valence-corrected chi connectivity index (χ1v) is 6.55. The lowest BCUT2D eigenvalue weighted by molar-refractivity contribution is -0.123. The summed E-state index contributed by atoms with van der Waals surface area (Å²) >= 11 is 1.79. The summed E-state index contributed by atoms with van der Waals surface area (Å²) in [5.74, 6) is 1.33. The average molecular weight is 218 g/mol. The van der Waals surface area contributed by atoms with Crippen LogP contribution in [0.25, 0.3) is 0 Å². The molecule has 0 heterocycles. The van der Waals surface area contributed by atoms with E-state index in [0.717, 1.165) is 25.1 Å². The van der Waals surface area contributed by atoms with Crippen molar-refractivity contribution in [3.63, 3.8) is 0 Å². The van der Waals surface area contributed by atoms with Gasteiger partial charge < -0.3 is 11.1 Å². The number of nitrogens with one attached hydrogen (secondary N) is 1. The lowest BCUT2D eigenvalue weighted by Crippen LogP contribution is -2.44. The minimum atomic E-state index is -0.353. The molecule has 3 nitrogen and oxygen atoms in total. The smallest absolute Gasteiger partial charge is 0.237 e. The Labute approximate surface area is 91.2 Å². The monoisotopic (exact) mass is 218 g/mol. The molecule has 0 aliphatic rings. The third-order valence-electron chi connectivity index (χ3n) is 2.38. The van der Waals surface area contributed by atoms with Gasteiger partial charge in [0.15, 0.2) is 0 Å². The number of hydrogen-bond acceptors (Lipinski definition) is 3. The Hall–Kier alpha value is -0.220. The van der Waals surface area contributed by atoms with Crippen LogP contribution in [0.3, 0.4) is 0 Å². The van der Waals surface area contributed by atoms with Gasteiger partial charge in [0, 0.05) is 6.54 Å². The zero-order chi connectivity index (χ0) is 11.0. The van der Waals surface area contributed by atoms with E-state index >= 15 is 0 Å². The Balaban J connectivity index is 3.62. The Morgan fingerprint density at radius 2 is 2.21 bits per heavy atom. The second kappa shape index (κ2) is 8.12. The first-order chi connectivity index (χ1) is 6.63. The lowest BCUT2D eigenvalue weighted by Gasteiger charge is -2.17. The van der Waals surface area contributed by atoms with Crippen molar-refractivity contribution in [1.29, 1.82) is 0 Å². The van der Waals surface area contributed by atoms with Gasteiger partial charge in [0.05, 0.1) is 6.04 Å². The van der Waals surface area contributed by atoms with Crippen molar-refractivity contribution in [3.8, 4) is 0 Å². The fourth-order valence-electron chi connectivity index (χ4n) is 1.06. The van der Waals surface area contributed by atoms with Crippen molar-refractivity contribution >= 4 is 17.7 Å². The normalized spacial score (nSPS) is 14.9. The molecule has 0 aliphatic carbocycles. The molecule has 0 rings (SSSR count). The van der Waals surface area contributed by atoms with Crippen LogP contribution in [0, 0.1) is 5.92 Å². The van der Waals surface area contributed by atoms with E-state index in [1.807, 2.05) is 13.8 Å². The van der Waals surface area contributed by atoms with Crippen molar-refractivity contribution in [3.05, 3.63) is 0 Å². The standard InChI is InChI=1S/C10H22N2OS/c1-4-8(2)9(11)10(13)12-6-5-7-14-3/h8-9H,4-7,11H2,1-3H3,(H,12,13)/t8-,9-/m0/s1. The molecular weight excluding hydrogens is 196 g/mol. The number of thioether (sulfide) groups is 1. The summed E-state index contributed by atoms with van der Waals surface area (Å²) in [5, 5.41) is 2.86. The molecule has 1 amide bonds. The lowest BCUT2D eigenvalue weighted by atomic mass is 9.99. The molecule has 0 aromatic carbocycles. The molecule has 0 aromatic heterocycles. The first-order valence-electron chi connectivity index (χ1n) is 5.15. The van der Waals surface area contributed by atoms with Gasteiger partial charge in [0.1, 0.15) is 0 Å². The largest absolute Gasteiger partial charge is 0.355 e. The molecule has 0 aliphatic heterocycles. The van der Waals surface area contributed by atoms with E-state index < -0.39 is 0 Å². The molecular formula is C10H22N2OS. The van der Waals surface area contributed by atoms with Crippen molar-refractivity contribution in [1.82, 2.24) is 5.32 Å². The topological polar surface area (TPSA) is 55.1 Å². The molecule has 3 N–H and O–H groups in total. The molecule has 4 heteroatoms. The number of hydrogen-bond donors (Lipinski definition) is 2. The van der Waals surface area contributed by atoms with Gasteiger partial charge in [-0.1, -0.05) is 20.3 Å². The molecule has 0 spiro atoms. The predicted octanol–water partition coefficient (Wildman–Crippen LogP) is 1.23. The molecule has 84 valence electrons. The predicted molar refractivity (Wildman–Crippen MR) is 63.4 cm³/mol. The minimum absolute atomic E-state index is 0.0135. The summed E-state index contributed by atoms with van der Waals surface area (Å²) in [7, 11) is 0. The van der Waals surface area contributed by atoms with Gasteiger partial charge in [-0.2, -0.15) is 11.8 Å². The molecule has 0 saturated carbocycles. The minimum Gasteiger partial charge on any atom is -0.355 e. The molecule has 0 aromatic rings. The second-order valence-corrected chi connectivity index (χ2v) is 4.53. The van der Waals surface area contributed by atoms with Crippen LogP contribution in [0.15, 0.2) is 0 Å². The van der Waals surface area contributed by atoms with E-state index in [-0.39, 0.29) is 17.9 Å². The highest BCUT2D eigenvalue weighted by molar-refractivity contribution is 7.98. The summed E-state index contributed by atoms with van der Waals surface area (Å²) in [6, 6.07) is -0.353. The van der Waals surface area contributed by atoms with Crippen molar-refractivity contribution in [2.45, 2.75) is 32.7 Å². The Bertz CT molecular complexity index is 164. The molecule has 2 atom stereocenters. The van der Waals surface area contributed by atoms with Gasteiger partial charge in [-0.15, -0.1) is 0 Å². The van der Waals surface area contributed by atoms with Crippen molar-refractivity contribution < 1.29 is 4.79 Å². The van der Waals surface area contributed by atoms with Crippen LogP contribution in [0.4, 0.5) is 0 Å². The maximum Gasteiger partial charge on any atom is 0.237 e. The summed E-state index contributed by atoms with van der Waals surface area (Å²) in [6.45, 7) is 4.79. The Morgan fingerprint density at radius 1 is 1.57 bits per heavy atom. The van der Waals surface area contributed by atoms with Crippen LogP contribution >= 0.6 is 11.8 Å². The fourth-order valence-corrected chi connectivity index (χ4v) is 1.49. The zero-order valence-corrected chi connectivity index (χ0v) is 10.2. The average Bonchev–Trinajstić information content (AvgIpc) is 2.21. The van der Waals surface area contributed by atoms with Gasteiger partial charge in [-0.25, -0.2) is 0 Å². The Morgan fingerprint density at radius 3 is 2.71 bits per heavy atom. The number of amides is 1. The molecule has 0 radical (unpaired) electrons. The zero-order valence-electron chi connectivity index (χ0n) is 9.38. The molecule has 0 bridgehead atoms. The highest BCUT2D eigenvalue weighted by Gasteiger charge is 2.18. The van der Waals surface area contributed by atoms with Crippen LogP contribution in [0.5, 0.6) is 0 Å². The number of carbonyl (C=O) groups is 1. The van der Waals surface area contributed by atoms with Gasteiger partial charge in [-0.3, -0.25) is 4.79 Å². The van der Waals surface area contributed by atoms with Gasteiger partial charge in [0.2, 0.25) is 5.91 Å². The van der Waals surface area contributed by atoms with E-state index in [1.165, 1.54) is 0 Å². The summed E-state index contributed by atoms with van der Waals surface area (Å²) < 4.78 is 0. The molecule has 14 heavy (non-hydrogen) atoms. The molecule has 0 unspecified atom stereocenters. The number of nitrogens with two attached hydrogens (primary N) is 1. The van der Waals surface area contributed by atoms with E-state index in [9.17, 15) is 4.79 Å². The number of carbonyl (C=O) groups excluding carboxylic acids is 1. The third kappa shape index (κ3) is 5.50. The van der Waals surface area contributed by atoms with Crippen LogP contribution < -0.4 is 11.1 Å². The van der Waals surface area contributed by atoms with Crippen LogP contribution in [0.2, 0.25) is 0 Å². The van der Waals surface area contributed by atoms with E-state index in [4.69, 9.17) is 5.73 Å². The highest BCUT2D eigenvalue weighted by Crippen LogP contribution is 2.04. The van der Waals surface area contributed by atoms with Gasteiger partial charge >= 0.3 is 0 Å². The highest BCUT2D eigenvalue weighted by atomic mass is 32.2. The Kier molecular flexibility index (Phi) is 7.99. The van der Waals surface area contributed by atoms with Gasteiger partial charge in [0.25, 0.3) is 0 Å². The number of rotatable bonds is 7. The van der Waals surface area contributed by atoms with Crippen LogP contribution in [0.1, 0.15) is 26.7 Å². The summed E-state index contributed by atoms with van der Waals surface area (Å²) in [5.41, 5.74) is 5.77. The van der Waals surface area contributed by atoms with E-state index in [2.05, 4.69) is 11.6 Å².